The SMILES string of the molecule is CCCCNC(=NCc1nnc(C)n1C)NC1CCN(C(C)C)CC1. The van der Waals surface area contributed by atoms with E-state index in [9.17, 15) is 0 Å². The van der Waals surface area contributed by atoms with E-state index >= 15 is 0 Å². The van der Waals surface area contributed by atoms with Crippen molar-refractivity contribution in [2.24, 2.45) is 12.0 Å². The van der Waals surface area contributed by atoms with Crippen molar-refractivity contribution in [1.82, 2.24) is 30.3 Å². The van der Waals surface area contributed by atoms with Gasteiger partial charge in [0.2, 0.25) is 0 Å². The van der Waals surface area contributed by atoms with Crippen LogP contribution >= 0.6 is 0 Å². The minimum Gasteiger partial charge on any atom is -0.356 e. The molecule has 0 bridgehead atoms. The van der Waals surface area contributed by atoms with Crippen molar-refractivity contribution in [2.75, 3.05) is 19.6 Å². The fourth-order valence-corrected chi connectivity index (χ4v) is 3.03. The predicted octanol–water partition coefficient (Wildman–Crippen LogP) is 1.83. The lowest BCUT2D eigenvalue weighted by molar-refractivity contribution is 0.167. The largest absolute Gasteiger partial charge is 0.356 e. The van der Waals surface area contributed by atoms with Gasteiger partial charge in [-0.3, -0.25) is 0 Å². The van der Waals surface area contributed by atoms with Gasteiger partial charge in [0.25, 0.3) is 0 Å². The Morgan fingerprint density at radius 2 is 2.00 bits per heavy atom. The highest BCUT2D eigenvalue weighted by Gasteiger charge is 2.21. The number of aromatic nitrogens is 3. The average Bonchev–Trinajstić information content (AvgIpc) is 2.92. The maximum atomic E-state index is 4.75. The van der Waals surface area contributed by atoms with Crippen LogP contribution in [-0.2, 0) is 13.6 Å². The van der Waals surface area contributed by atoms with E-state index < -0.39 is 0 Å². The first-order chi connectivity index (χ1) is 12.0. The van der Waals surface area contributed by atoms with E-state index in [2.05, 4.69) is 46.5 Å². The molecule has 1 aromatic rings. The molecule has 1 aliphatic rings. The van der Waals surface area contributed by atoms with Crippen molar-refractivity contribution in [3.8, 4) is 0 Å². The molecule has 1 aromatic heterocycles. The van der Waals surface area contributed by atoms with Crippen LogP contribution in [0.1, 0.15) is 58.1 Å². The van der Waals surface area contributed by atoms with Crippen molar-refractivity contribution < 1.29 is 0 Å². The number of piperidine rings is 1. The second-order valence-electron chi connectivity index (χ2n) is 7.22. The molecule has 1 fully saturated rings. The van der Waals surface area contributed by atoms with Crippen molar-refractivity contribution >= 4 is 5.96 Å². The number of unbranched alkanes of at least 4 members (excludes halogenated alkanes) is 1. The smallest absolute Gasteiger partial charge is 0.191 e. The van der Waals surface area contributed by atoms with E-state index in [-0.39, 0.29) is 0 Å². The summed E-state index contributed by atoms with van der Waals surface area (Å²) < 4.78 is 1.99. The first-order valence-electron chi connectivity index (χ1n) is 9.65. The summed E-state index contributed by atoms with van der Waals surface area (Å²) >= 11 is 0. The predicted molar refractivity (Wildman–Crippen MR) is 103 cm³/mol. The first-order valence-corrected chi connectivity index (χ1v) is 9.65. The summed E-state index contributed by atoms with van der Waals surface area (Å²) in [7, 11) is 1.99. The Kier molecular flexibility index (Phi) is 7.68. The molecule has 2 heterocycles. The van der Waals surface area contributed by atoms with Gasteiger partial charge < -0.3 is 20.1 Å². The third-order valence-corrected chi connectivity index (χ3v) is 4.98. The number of likely N-dealkylation sites (tertiary alicyclic amines) is 1. The van der Waals surface area contributed by atoms with Crippen LogP contribution in [0, 0.1) is 6.92 Å². The van der Waals surface area contributed by atoms with Crippen LogP contribution in [0.3, 0.4) is 0 Å². The molecule has 0 aliphatic carbocycles. The highest BCUT2D eigenvalue weighted by atomic mass is 15.3. The molecule has 7 nitrogen and oxygen atoms in total. The van der Waals surface area contributed by atoms with Gasteiger partial charge in [-0.25, -0.2) is 4.99 Å². The zero-order valence-corrected chi connectivity index (χ0v) is 16.5. The zero-order chi connectivity index (χ0) is 18.2. The molecule has 0 amide bonds. The fourth-order valence-electron chi connectivity index (χ4n) is 3.03. The molecule has 7 heteroatoms. The van der Waals surface area contributed by atoms with E-state index in [1.165, 1.54) is 6.42 Å². The molecule has 0 aromatic carbocycles. The van der Waals surface area contributed by atoms with E-state index in [1.807, 2.05) is 18.5 Å². The molecular weight excluding hydrogens is 314 g/mol. The molecule has 0 atom stereocenters. The van der Waals surface area contributed by atoms with Gasteiger partial charge in [0, 0.05) is 38.8 Å². The minimum atomic E-state index is 0.490. The van der Waals surface area contributed by atoms with Gasteiger partial charge in [-0.1, -0.05) is 13.3 Å². The monoisotopic (exact) mass is 349 g/mol. The maximum Gasteiger partial charge on any atom is 0.191 e. The van der Waals surface area contributed by atoms with Gasteiger partial charge in [0.15, 0.2) is 11.8 Å². The zero-order valence-electron chi connectivity index (χ0n) is 16.5. The molecule has 0 spiro atoms. The van der Waals surface area contributed by atoms with Crippen molar-refractivity contribution in [1.29, 1.82) is 0 Å². The van der Waals surface area contributed by atoms with Crippen LogP contribution in [0.15, 0.2) is 4.99 Å². The summed E-state index contributed by atoms with van der Waals surface area (Å²) in [6.45, 7) is 12.5. The third kappa shape index (κ3) is 5.99. The summed E-state index contributed by atoms with van der Waals surface area (Å²) in [5.74, 6) is 2.71. The van der Waals surface area contributed by atoms with Crippen molar-refractivity contribution in [3.05, 3.63) is 11.6 Å². The number of aliphatic imine (C=N–C) groups is 1. The topological polar surface area (TPSA) is 70.4 Å². The summed E-state index contributed by atoms with van der Waals surface area (Å²) in [5.41, 5.74) is 0. The van der Waals surface area contributed by atoms with Crippen LogP contribution in [0.5, 0.6) is 0 Å². The van der Waals surface area contributed by atoms with E-state index in [0.29, 0.717) is 18.6 Å². The second-order valence-corrected chi connectivity index (χ2v) is 7.22. The Bertz CT molecular complexity index is 542. The minimum absolute atomic E-state index is 0.490. The van der Waals surface area contributed by atoms with Crippen molar-refractivity contribution in [2.45, 2.75) is 72.0 Å². The standard InChI is InChI=1S/C18H35N7/c1-6-7-10-19-18(20-13-17-23-22-15(4)24(17)5)21-16-8-11-25(12-9-16)14(2)3/h14,16H,6-13H2,1-5H3,(H2,19,20,21). The van der Waals surface area contributed by atoms with Gasteiger partial charge >= 0.3 is 0 Å². The normalized spacial score (nSPS) is 17.3. The molecule has 1 aliphatic heterocycles. The number of guanidine groups is 1. The molecule has 0 saturated carbocycles. The van der Waals surface area contributed by atoms with E-state index in [1.54, 1.807) is 0 Å². The van der Waals surface area contributed by atoms with Gasteiger partial charge in [0.1, 0.15) is 12.4 Å². The summed E-state index contributed by atoms with van der Waals surface area (Å²) in [4.78, 5) is 7.29. The number of nitrogens with one attached hydrogen (secondary N) is 2. The summed E-state index contributed by atoms with van der Waals surface area (Å²) in [6, 6.07) is 1.13. The Labute approximate surface area is 152 Å². The molecular formula is C18H35N7. The van der Waals surface area contributed by atoms with Gasteiger partial charge in [-0.15, -0.1) is 10.2 Å². The van der Waals surface area contributed by atoms with Crippen LogP contribution in [0.4, 0.5) is 0 Å². The molecule has 2 N–H and O–H groups in total. The number of rotatable bonds is 7. The molecule has 1 saturated heterocycles. The second kappa shape index (κ2) is 9.75. The fraction of sp³-hybridized carbons (Fsp3) is 0.833. The van der Waals surface area contributed by atoms with Crippen molar-refractivity contribution in [3.63, 3.8) is 0 Å². The molecule has 2 rings (SSSR count). The van der Waals surface area contributed by atoms with E-state index in [0.717, 1.165) is 56.5 Å². The quantitative estimate of drug-likeness (QED) is 0.446. The molecule has 0 unspecified atom stereocenters. The summed E-state index contributed by atoms with van der Waals surface area (Å²) in [5, 5.41) is 15.4. The lowest BCUT2D eigenvalue weighted by atomic mass is 10.0. The Hall–Kier alpha value is -1.63. The first kappa shape index (κ1) is 19.7. The van der Waals surface area contributed by atoms with Crippen LogP contribution in [0.25, 0.3) is 0 Å². The lowest BCUT2D eigenvalue weighted by Gasteiger charge is -2.35. The number of nitrogens with zero attached hydrogens (tertiary/aromatic N) is 5. The highest BCUT2D eigenvalue weighted by molar-refractivity contribution is 5.80. The Morgan fingerprint density at radius 1 is 1.28 bits per heavy atom. The van der Waals surface area contributed by atoms with Crippen LogP contribution in [0.2, 0.25) is 0 Å². The molecule has 0 radical (unpaired) electrons. The van der Waals surface area contributed by atoms with Crippen LogP contribution in [-0.4, -0.2) is 57.3 Å². The molecule has 142 valence electrons. The average molecular weight is 350 g/mol. The Morgan fingerprint density at radius 3 is 2.56 bits per heavy atom. The number of hydrogen-bond donors (Lipinski definition) is 2. The highest BCUT2D eigenvalue weighted by Crippen LogP contribution is 2.13. The Balaban J connectivity index is 1.93. The van der Waals surface area contributed by atoms with E-state index in [4.69, 9.17) is 4.99 Å². The number of hydrogen-bond acceptors (Lipinski definition) is 4. The summed E-state index contributed by atoms with van der Waals surface area (Å²) in [6.07, 6.45) is 4.65. The lowest BCUT2D eigenvalue weighted by Crippen LogP contribution is -2.50. The van der Waals surface area contributed by atoms with Gasteiger partial charge in [-0.05, 0) is 40.0 Å². The third-order valence-electron chi connectivity index (χ3n) is 4.98. The van der Waals surface area contributed by atoms with Crippen LogP contribution < -0.4 is 10.6 Å². The van der Waals surface area contributed by atoms with Gasteiger partial charge in [0.05, 0.1) is 0 Å². The van der Waals surface area contributed by atoms with Gasteiger partial charge in [-0.2, -0.15) is 0 Å². The number of aryl methyl sites for hydroxylation is 1. The maximum absolute atomic E-state index is 4.75. The molecule has 25 heavy (non-hydrogen) atoms.